The molecule has 160 valence electrons. The van der Waals surface area contributed by atoms with Gasteiger partial charge in [0.2, 0.25) is 5.91 Å². The standard InChI is InChI=1S/C26H19Cl2NO3/c1-14(30)29-25(16-2-8-18(27)9-3-16)23-20(31)12-6-15-7-13-21(32)24(22(15)23)26(29)17-4-10-19(28)11-5-17/h2-13,25-26,31-32H,1H3. The van der Waals surface area contributed by atoms with Crippen molar-refractivity contribution >= 4 is 39.9 Å². The summed E-state index contributed by atoms with van der Waals surface area (Å²) in [5, 5.41) is 24.7. The van der Waals surface area contributed by atoms with Gasteiger partial charge in [0, 0.05) is 33.5 Å². The highest BCUT2D eigenvalue weighted by molar-refractivity contribution is 6.30. The largest absolute Gasteiger partial charge is 0.508 e. The number of amides is 1. The second-order valence-electron chi connectivity index (χ2n) is 7.93. The zero-order chi connectivity index (χ0) is 22.6. The first-order chi connectivity index (χ1) is 15.4. The lowest BCUT2D eigenvalue weighted by molar-refractivity contribution is -0.132. The predicted octanol–water partition coefficient (Wildman–Crippen LogP) is 6.60. The van der Waals surface area contributed by atoms with Crippen LogP contribution in [0.2, 0.25) is 10.0 Å². The zero-order valence-electron chi connectivity index (χ0n) is 17.1. The average molecular weight is 464 g/mol. The summed E-state index contributed by atoms with van der Waals surface area (Å²) in [4.78, 5) is 14.9. The Bertz CT molecular complexity index is 1260. The number of nitrogens with zero attached hydrogens (tertiary/aromatic N) is 1. The molecule has 32 heavy (non-hydrogen) atoms. The van der Waals surface area contributed by atoms with E-state index < -0.39 is 12.1 Å². The second kappa shape index (κ2) is 7.73. The van der Waals surface area contributed by atoms with Crippen molar-refractivity contribution in [1.29, 1.82) is 0 Å². The summed E-state index contributed by atoms with van der Waals surface area (Å²) in [5.41, 5.74) is 2.77. The first-order valence-corrected chi connectivity index (χ1v) is 10.9. The molecule has 2 N–H and O–H groups in total. The molecule has 5 rings (SSSR count). The molecule has 0 aliphatic carbocycles. The molecule has 0 spiro atoms. The van der Waals surface area contributed by atoms with Gasteiger partial charge in [-0.1, -0.05) is 59.6 Å². The molecule has 0 saturated heterocycles. The van der Waals surface area contributed by atoms with Crippen LogP contribution in [0.3, 0.4) is 0 Å². The van der Waals surface area contributed by atoms with Gasteiger partial charge < -0.3 is 15.1 Å². The minimum atomic E-state index is -0.580. The molecule has 1 amide bonds. The van der Waals surface area contributed by atoms with Crippen LogP contribution < -0.4 is 0 Å². The van der Waals surface area contributed by atoms with E-state index in [1.807, 2.05) is 36.4 Å². The normalized spacial score (nSPS) is 17.5. The summed E-state index contributed by atoms with van der Waals surface area (Å²) in [5.74, 6) is -0.0783. The monoisotopic (exact) mass is 463 g/mol. The molecule has 0 bridgehead atoms. The van der Waals surface area contributed by atoms with E-state index in [1.54, 1.807) is 41.3 Å². The summed E-state index contributed by atoms with van der Waals surface area (Å²) in [6, 6.07) is 20.2. The first kappa shape index (κ1) is 20.7. The molecule has 0 radical (unpaired) electrons. The summed E-state index contributed by atoms with van der Waals surface area (Å²) in [7, 11) is 0. The van der Waals surface area contributed by atoms with E-state index in [2.05, 4.69) is 0 Å². The Morgan fingerprint density at radius 3 is 1.50 bits per heavy atom. The third kappa shape index (κ3) is 3.19. The van der Waals surface area contributed by atoms with Crippen LogP contribution in [0.25, 0.3) is 10.8 Å². The van der Waals surface area contributed by atoms with Crippen molar-refractivity contribution in [2.45, 2.75) is 19.0 Å². The molecule has 0 aromatic heterocycles. The molecule has 2 atom stereocenters. The summed E-state index contributed by atoms with van der Waals surface area (Å²) in [6.07, 6.45) is 0. The van der Waals surface area contributed by atoms with Gasteiger partial charge in [-0.05, 0) is 52.9 Å². The van der Waals surface area contributed by atoms with Crippen LogP contribution in [-0.2, 0) is 4.79 Å². The Kier molecular flexibility index (Phi) is 5.00. The maximum atomic E-state index is 13.2. The molecule has 0 saturated carbocycles. The predicted molar refractivity (Wildman–Crippen MR) is 126 cm³/mol. The lowest BCUT2D eigenvalue weighted by atomic mass is 9.79. The van der Waals surface area contributed by atoms with Gasteiger partial charge in [0.15, 0.2) is 0 Å². The number of phenols is 2. The van der Waals surface area contributed by atoms with Crippen molar-refractivity contribution < 1.29 is 15.0 Å². The highest BCUT2D eigenvalue weighted by Crippen LogP contribution is 2.53. The number of hydrogen-bond acceptors (Lipinski definition) is 3. The Hall–Kier alpha value is -3.21. The molecule has 4 aromatic rings. The number of carbonyl (C=O) groups is 1. The fraction of sp³-hybridized carbons (Fsp3) is 0.115. The van der Waals surface area contributed by atoms with E-state index in [1.165, 1.54) is 6.92 Å². The van der Waals surface area contributed by atoms with Crippen molar-refractivity contribution in [2.75, 3.05) is 0 Å². The quantitative estimate of drug-likeness (QED) is 0.352. The van der Waals surface area contributed by atoms with E-state index in [4.69, 9.17) is 23.2 Å². The fourth-order valence-electron chi connectivity index (χ4n) is 4.74. The van der Waals surface area contributed by atoms with E-state index in [0.29, 0.717) is 21.2 Å². The number of carbonyl (C=O) groups excluding carboxylic acids is 1. The molecule has 1 aliphatic heterocycles. The van der Waals surface area contributed by atoms with Gasteiger partial charge >= 0.3 is 0 Å². The van der Waals surface area contributed by atoms with Crippen molar-refractivity contribution in [3.63, 3.8) is 0 Å². The number of hydrogen-bond donors (Lipinski definition) is 2. The van der Waals surface area contributed by atoms with Gasteiger partial charge in [-0.2, -0.15) is 0 Å². The Labute approximate surface area is 195 Å². The summed E-state index contributed by atoms with van der Waals surface area (Å²) < 4.78 is 0. The molecule has 4 nitrogen and oxygen atoms in total. The highest BCUT2D eigenvalue weighted by Gasteiger charge is 2.42. The number of aromatic hydroxyl groups is 2. The van der Waals surface area contributed by atoms with Gasteiger partial charge in [0.25, 0.3) is 0 Å². The van der Waals surface area contributed by atoms with Crippen LogP contribution in [0.5, 0.6) is 11.5 Å². The van der Waals surface area contributed by atoms with Crippen LogP contribution >= 0.6 is 23.2 Å². The minimum absolute atomic E-state index is 0.0603. The summed E-state index contributed by atoms with van der Waals surface area (Å²) in [6.45, 7) is 1.49. The Morgan fingerprint density at radius 2 is 1.12 bits per heavy atom. The van der Waals surface area contributed by atoms with Crippen molar-refractivity contribution in [3.8, 4) is 11.5 Å². The van der Waals surface area contributed by atoms with Crippen LogP contribution in [0.4, 0.5) is 0 Å². The topological polar surface area (TPSA) is 60.8 Å². The van der Waals surface area contributed by atoms with Gasteiger partial charge in [-0.25, -0.2) is 0 Å². The lowest BCUT2D eigenvalue weighted by Crippen LogP contribution is -2.40. The number of benzene rings is 4. The van der Waals surface area contributed by atoms with E-state index in [-0.39, 0.29) is 17.4 Å². The van der Waals surface area contributed by atoms with Crippen molar-refractivity contribution in [2.24, 2.45) is 0 Å². The van der Waals surface area contributed by atoms with Crippen molar-refractivity contribution in [1.82, 2.24) is 4.90 Å². The Morgan fingerprint density at radius 1 is 0.719 bits per heavy atom. The van der Waals surface area contributed by atoms with E-state index >= 15 is 0 Å². The van der Waals surface area contributed by atoms with E-state index in [9.17, 15) is 15.0 Å². The molecule has 4 aromatic carbocycles. The third-order valence-corrected chi connectivity index (χ3v) is 6.56. The maximum absolute atomic E-state index is 13.2. The smallest absolute Gasteiger partial charge is 0.221 e. The summed E-state index contributed by atoms with van der Waals surface area (Å²) >= 11 is 12.3. The molecular weight excluding hydrogens is 445 g/mol. The Balaban J connectivity index is 1.92. The molecular formula is C26H19Cl2NO3. The maximum Gasteiger partial charge on any atom is 0.221 e. The van der Waals surface area contributed by atoms with Gasteiger partial charge in [0.1, 0.15) is 11.5 Å². The molecule has 2 unspecified atom stereocenters. The number of rotatable bonds is 2. The van der Waals surface area contributed by atoms with Crippen LogP contribution in [0.1, 0.15) is 41.3 Å². The number of phenolic OH excluding ortho intramolecular Hbond substituents is 2. The average Bonchev–Trinajstić information content (AvgIpc) is 2.78. The van der Waals surface area contributed by atoms with Crippen LogP contribution in [0.15, 0.2) is 72.8 Å². The third-order valence-electron chi connectivity index (χ3n) is 6.06. The van der Waals surface area contributed by atoms with Gasteiger partial charge in [-0.15, -0.1) is 0 Å². The van der Waals surface area contributed by atoms with E-state index in [0.717, 1.165) is 21.9 Å². The number of halogens is 2. The minimum Gasteiger partial charge on any atom is -0.508 e. The SMILES string of the molecule is CC(=O)N1C(c2ccc(Cl)cc2)c2c(O)ccc3ccc(O)c(c23)C1c1ccc(Cl)cc1. The zero-order valence-corrected chi connectivity index (χ0v) is 18.6. The molecule has 1 aliphatic rings. The lowest BCUT2D eigenvalue weighted by Gasteiger charge is -2.43. The van der Waals surface area contributed by atoms with Crippen LogP contribution in [-0.4, -0.2) is 21.0 Å². The first-order valence-electron chi connectivity index (χ1n) is 10.1. The van der Waals surface area contributed by atoms with Gasteiger partial charge in [0.05, 0.1) is 12.1 Å². The fourth-order valence-corrected chi connectivity index (χ4v) is 4.99. The van der Waals surface area contributed by atoms with Crippen LogP contribution in [0, 0.1) is 0 Å². The molecule has 6 heteroatoms. The molecule has 0 fully saturated rings. The van der Waals surface area contributed by atoms with Crippen molar-refractivity contribution in [3.05, 3.63) is 105 Å². The van der Waals surface area contributed by atoms with Gasteiger partial charge in [-0.3, -0.25) is 4.79 Å². The highest BCUT2D eigenvalue weighted by atomic mass is 35.5. The second-order valence-corrected chi connectivity index (χ2v) is 8.80. The molecule has 1 heterocycles.